The lowest BCUT2D eigenvalue weighted by molar-refractivity contribution is -0.118. The zero-order chi connectivity index (χ0) is 14.6. The third-order valence-electron chi connectivity index (χ3n) is 1.85. The number of nitrogens with one attached hydrogen (secondary N) is 2. The Bertz CT molecular complexity index is 607. The molecule has 1 amide bonds. The second-order valence-corrected chi connectivity index (χ2v) is 6.44. The molecule has 0 saturated heterocycles. The zero-order valence-electron chi connectivity index (χ0n) is 9.58. The largest absolute Gasteiger partial charge is 0.310 e. The molecule has 0 aliphatic rings. The van der Waals surface area contributed by atoms with Crippen molar-refractivity contribution < 1.29 is 13.2 Å². The molecule has 19 heavy (non-hydrogen) atoms. The van der Waals surface area contributed by atoms with E-state index < -0.39 is 20.4 Å². The molecule has 1 rings (SSSR count). The summed E-state index contributed by atoms with van der Waals surface area (Å²) in [6.45, 7) is 1.19. The monoisotopic (exact) mass is 342 g/mol. The normalized spacial score (nSPS) is 10.7. The zero-order valence-corrected chi connectivity index (χ0v) is 12.7. The van der Waals surface area contributed by atoms with Crippen molar-refractivity contribution in [3.63, 3.8) is 0 Å². The maximum Gasteiger partial charge on any atom is 0.263 e. The summed E-state index contributed by atoms with van der Waals surface area (Å²) < 4.78 is 25.6. The summed E-state index contributed by atoms with van der Waals surface area (Å²) in [6.07, 6.45) is 0. The first-order chi connectivity index (χ1) is 8.72. The van der Waals surface area contributed by atoms with E-state index in [-0.39, 0.29) is 10.7 Å². The van der Waals surface area contributed by atoms with E-state index >= 15 is 0 Å². The third-order valence-corrected chi connectivity index (χ3v) is 3.85. The van der Waals surface area contributed by atoms with Crippen molar-refractivity contribution in [1.29, 1.82) is 0 Å². The highest BCUT2D eigenvalue weighted by Gasteiger charge is 2.17. The van der Waals surface area contributed by atoms with Crippen LogP contribution in [0.3, 0.4) is 0 Å². The number of rotatable bonds is 4. The summed E-state index contributed by atoms with van der Waals surface area (Å²) in [5, 5.41) is 2.57. The number of carbonyl (C=O) groups is 1. The predicted octanol–water partition coefficient (Wildman–Crippen LogP) is 2.36. The molecule has 0 aliphatic carbocycles. The van der Waals surface area contributed by atoms with Crippen molar-refractivity contribution in [2.45, 2.75) is 11.8 Å². The lowest BCUT2D eigenvalue weighted by atomic mass is 10.4. The van der Waals surface area contributed by atoms with Gasteiger partial charge in [-0.05, 0) is 24.3 Å². The van der Waals surface area contributed by atoms with Crippen molar-refractivity contribution in [3.05, 3.63) is 39.6 Å². The molecule has 0 saturated carbocycles. The van der Waals surface area contributed by atoms with Crippen LogP contribution in [0.2, 0.25) is 5.02 Å². The van der Waals surface area contributed by atoms with E-state index in [4.69, 9.17) is 34.8 Å². The molecule has 1 aromatic carbocycles. The molecule has 0 unspecified atom stereocenters. The molecule has 0 atom stereocenters. The Labute approximate surface area is 125 Å². The van der Waals surface area contributed by atoms with Gasteiger partial charge in [-0.15, -0.1) is 0 Å². The second kappa shape index (κ2) is 6.47. The van der Waals surface area contributed by atoms with Gasteiger partial charge in [-0.2, -0.15) is 0 Å². The fourth-order valence-corrected chi connectivity index (χ4v) is 2.56. The Morgan fingerprint density at radius 1 is 1.16 bits per heavy atom. The molecular formula is C10H9Cl3N2O3S. The SMILES string of the molecule is CC(=O)NC(NS(=O)(=O)c1ccc(Cl)cc1)=C(Cl)Cl. The average molecular weight is 344 g/mol. The number of amides is 1. The molecular weight excluding hydrogens is 335 g/mol. The van der Waals surface area contributed by atoms with Crippen molar-refractivity contribution in [3.8, 4) is 0 Å². The summed E-state index contributed by atoms with van der Waals surface area (Å²) in [5.74, 6) is -0.835. The fraction of sp³-hybridized carbons (Fsp3) is 0.100. The van der Waals surface area contributed by atoms with Crippen LogP contribution < -0.4 is 10.0 Å². The van der Waals surface area contributed by atoms with Crippen LogP contribution in [0.4, 0.5) is 0 Å². The second-order valence-electron chi connectivity index (χ2n) is 3.38. The quantitative estimate of drug-likeness (QED) is 0.881. The fourth-order valence-electron chi connectivity index (χ4n) is 1.09. The van der Waals surface area contributed by atoms with Crippen LogP contribution in [-0.2, 0) is 14.8 Å². The van der Waals surface area contributed by atoms with Crippen LogP contribution in [0, 0.1) is 0 Å². The van der Waals surface area contributed by atoms with Crippen LogP contribution in [0.15, 0.2) is 39.5 Å². The molecule has 0 aliphatic heterocycles. The first-order valence-corrected chi connectivity index (χ1v) is 7.45. The van der Waals surface area contributed by atoms with Gasteiger partial charge in [-0.1, -0.05) is 34.8 Å². The van der Waals surface area contributed by atoms with Gasteiger partial charge in [0.15, 0.2) is 5.82 Å². The lowest BCUT2D eigenvalue weighted by Crippen LogP contribution is -2.34. The minimum atomic E-state index is -3.92. The molecule has 5 nitrogen and oxygen atoms in total. The van der Waals surface area contributed by atoms with E-state index in [2.05, 4.69) is 10.0 Å². The van der Waals surface area contributed by atoms with E-state index in [1.165, 1.54) is 31.2 Å². The van der Waals surface area contributed by atoms with Crippen molar-refractivity contribution >= 4 is 50.7 Å². The smallest absolute Gasteiger partial charge is 0.263 e. The molecule has 0 heterocycles. The molecule has 0 spiro atoms. The summed E-state index contributed by atoms with van der Waals surface area (Å²) in [4.78, 5) is 10.9. The molecule has 0 fully saturated rings. The van der Waals surface area contributed by atoms with Crippen molar-refractivity contribution in [2.75, 3.05) is 0 Å². The van der Waals surface area contributed by atoms with Crippen LogP contribution in [-0.4, -0.2) is 14.3 Å². The summed E-state index contributed by atoms with van der Waals surface area (Å²) in [5.41, 5.74) is 0. The molecule has 0 bridgehead atoms. The van der Waals surface area contributed by atoms with Crippen molar-refractivity contribution in [1.82, 2.24) is 10.0 Å². The molecule has 104 valence electrons. The van der Waals surface area contributed by atoms with Gasteiger partial charge in [0, 0.05) is 11.9 Å². The molecule has 9 heteroatoms. The number of hydrogen-bond acceptors (Lipinski definition) is 3. The van der Waals surface area contributed by atoms with Crippen LogP contribution in [0.5, 0.6) is 0 Å². The van der Waals surface area contributed by atoms with E-state index in [9.17, 15) is 13.2 Å². The van der Waals surface area contributed by atoms with Gasteiger partial charge in [0.25, 0.3) is 10.0 Å². The van der Waals surface area contributed by atoms with Gasteiger partial charge in [-0.3, -0.25) is 9.52 Å². The van der Waals surface area contributed by atoms with E-state index in [1.54, 1.807) is 0 Å². The molecule has 0 radical (unpaired) electrons. The van der Waals surface area contributed by atoms with Crippen LogP contribution >= 0.6 is 34.8 Å². The first kappa shape index (κ1) is 16.1. The van der Waals surface area contributed by atoms with E-state index in [0.717, 1.165) is 0 Å². The predicted molar refractivity (Wildman–Crippen MR) is 74.3 cm³/mol. The van der Waals surface area contributed by atoms with E-state index in [0.29, 0.717) is 5.02 Å². The summed E-state index contributed by atoms with van der Waals surface area (Å²) in [6, 6.07) is 5.44. The summed E-state index contributed by atoms with van der Waals surface area (Å²) in [7, 11) is -3.92. The Kier molecular flexibility index (Phi) is 5.49. The van der Waals surface area contributed by atoms with Gasteiger partial charge < -0.3 is 5.32 Å². The van der Waals surface area contributed by atoms with E-state index in [1.807, 2.05) is 0 Å². The topological polar surface area (TPSA) is 75.3 Å². The lowest BCUT2D eigenvalue weighted by Gasteiger charge is -2.12. The van der Waals surface area contributed by atoms with Crippen LogP contribution in [0.1, 0.15) is 6.92 Å². The maximum absolute atomic E-state index is 12.0. The Balaban J connectivity index is 3.05. The van der Waals surface area contributed by atoms with Gasteiger partial charge in [0.1, 0.15) is 4.49 Å². The highest BCUT2D eigenvalue weighted by atomic mass is 35.5. The third kappa shape index (κ3) is 4.91. The van der Waals surface area contributed by atoms with Crippen LogP contribution in [0.25, 0.3) is 0 Å². The summed E-state index contributed by atoms with van der Waals surface area (Å²) >= 11 is 16.6. The van der Waals surface area contributed by atoms with Crippen molar-refractivity contribution in [2.24, 2.45) is 0 Å². The van der Waals surface area contributed by atoms with Gasteiger partial charge in [-0.25, -0.2) is 8.42 Å². The highest BCUT2D eigenvalue weighted by Crippen LogP contribution is 2.16. The minimum absolute atomic E-state index is 0.0469. The number of sulfonamides is 1. The highest BCUT2D eigenvalue weighted by molar-refractivity contribution is 7.89. The average Bonchev–Trinajstić information content (AvgIpc) is 2.27. The molecule has 2 N–H and O–H groups in total. The number of carbonyl (C=O) groups excluding carboxylic acids is 1. The number of benzene rings is 1. The Morgan fingerprint density at radius 3 is 2.11 bits per heavy atom. The van der Waals surface area contributed by atoms with Gasteiger partial charge in [0.05, 0.1) is 4.90 Å². The Morgan fingerprint density at radius 2 is 1.68 bits per heavy atom. The minimum Gasteiger partial charge on any atom is -0.310 e. The van der Waals surface area contributed by atoms with Gasteiger partial charge in [0.2, 0.25) is 5.91 Å². The first-order valence-electron chi connectivity index (χ1n) is 4.83. The van der Waals surface area contributed by atoms with Gasteiger partial charge >= 0.3 is 0 Å². The number of hydrogen-bond donors (Lipinski definition) is 2. The Hall–Kier alpha value is -0.950. The molecule has 0 aromatic heterocycles. The standard InChI is InChI=1S/C10H9Cl3N2O3S/c1-6(16)14-10(9(12)13)15-19(17,18)8-4-2-7(11)3-5-8/h2-5,15H,1H3,(H,14,16). The molecule has 1 aromatic rings. The maximum atomic E-state index is 12.0. The number of halogens is 3.